The number of thioether (sulfide) groups is 1. The van der Waals surface area contributed by atoms with Crippen LogP contribution >= 0.6 is 11.8 Å². The summed E-state index contributed by atoms with van der Waals surface area (Å²) in [6.45, 7) is 5.90. The number of carbonyl (C=O) groups excluding carboxylic acids is 1. The van der Waals surface area contributed by atoms with Gasteiger partial charge in [-0.1, -0.05) is 24.4 Å². The second kappa shape index (κ2) is 6.91. The topological polar surface area (TPSA) is 63.1 Å². The summed E-state index contributed by atoms with van der Waals surface area (Å²) in [5, 5.41) is 11.0. The van der Waals surface area contributed by atoms with Gasteiger partial charge in [0.25, 0.3) is 0 Å². The van der Waals surface area contributed by atoms with Crippen LogP contribution in [-0.4, -0.2) is 29.1 Å². The Morgan fingerprint density at radius 2 is 2.20 bits per heavy atom. The Bertz CT molecular complexity index is 552. The standard InChI is InChI=1S/C14H15N3O2S/c1-3-8-19-12-6-4-11(5-7-12)9-15-17-14-16-13(18)10(2)20-14/h3-7,9-10H,1,8H2,2H3,(H,16,17,18)/b15-9-/t10-/m0/s1. The number of carbonyl (C=O) groups is 1. The van der Waals surface area contributed by atoms with E-state index in [-0.39, 0.29) is 11.2 Å². The molecular formula is C14H15N3O2S. The fourth-order valence-corrected chi connectivity index (χ4v) is 2.21. The maximum Gasteiger partial charge on any atom is 0.239 e. The molecule has 0 aromatic heterocycles. The number of benzene rings is 1. The molecule has 0 aliphatic carbocycles. The van der Waals surface area contributed by atoms with E-state index in [1.165, 1.54) is 11.8 Å². The van der Waals surface area contributed by atoms with Crippen LogP contribution < -0.4 is 10.1 Å². The van der Waals surface area contributed by atoms with Gasteiger partial charge in [0.15, 0.2) is 5.17 Å². The van der Waals surface area contributed by atoms with E-state index < -0.39 is 0 Å². The van der Waals surface area contributed by atoms with Gasteiger partial charge in [-0.25, -0.2) is 0 Å². The quantitative estimate of drug-likeness (QED) is 0.513. The monoisotopic (exact) mass is 289 g/mol. The second-order valence-electron chi connectivity index (χ2n) is 4.07. The summed E-state index contributed by atoms with van der Waals surface area (Å²) in [6.07, 6.45) is 3.32. The van der Waals surface area contributed by atoms with Crippen molar-refractivity contribution < 1.29 is 9.53 Å². The summed E-state index contributed by atoms with van der Waals surface area (Å²) in [4.78, 5) is 11.3. The molecule has 0 saturated carbocycles. The van der Waals surface area contributed by atoms with Crippen LogP contribution in [0.5, 0.6) is 5.75 Å². The molecule has 1 amide bonds. The molecule has 1 saturated heterocycles. The van der Waals surface area contributed by atoms with Crippen molar-refractivity contribution in [1.29, 1.82) is 0 Å². The van der Waals surface area contributed by atoms with E-state index in [1.54, 1.807) is 12.3 Å². The maximum absolute atomic E-state index is 11.3. The van der Waals surface area contributed by atoms with Gasteiger partial charge in [0.1, 0.15) is 12.4 Å². The van der Waals surface area contributed by atoms with Gasteiger partial charge >= 0.3 is 0 Å². The van der Waals surface area contributed by atoms with Crippen LogP contribution in [0, 0.1) is 0 Å². The van der Waals surface area contributed by atoms with Crippen molar-refractivity contribution in [3.63, 3.8) is 0 Å². The molecular weight excluding hydrogens is 274 g/mol. The zero-order valence-corrected chi connectivity index (χ0v) is 11.9. The number of hydrogen-bond acceptors (Lipinski definition) is 5. The molecule has 0 spiro atoms. The fourth-order valence-electron chi connectivity index (χ4n) is 1.46. The predicted molar refractivity (Wildman–Crippen MR) is 82.4 cm³/mol. The molecule has 0 bridgehead atoms. The SMILES string of the molecule is C=CCOc1ccc(/C=N\N=C2/NC(=O)[C@H](C)S2)cc1. The van der Waals surface area contributed by atoms with Gasteiger partial charge in [-0.15, -0.1) is 5.10 Å². The van der Waals surface area contributed by atoms with E-state index in [1.807, 2.05) is 31.2 Å². The lowest BCUT2D eigenvalue weighted by atomic mass is 10.2. The molecule has 104 valence electrons. The first-order valence-corrected chi connectivity index (χ1v) is 6.99. The molecule has 5 nitrogen and oxygen atoms in total. The number of rotatable bonds is 5. The molecule has 6 heteroatoms. The third kappa shape index (κ3) is 3.96. The highest BCUT2D eigenvalue weighted by molar-refractivity contribution is 8.15. The first-order valence-electron chi connectivity index (χ1n) is 6.11. The van der Waals surface area contributed by atoms with Crippen LogP contribution in [0.4, 0.5) is 0 Å². The van der Waals surface area contributed by atoms with Crippen molar-refractivity contribution in [2.24, 2.45) is 10.2 Å². The van der Waals surface area contributed by atoms with Crippen molar-refractivity contribution in [2.45, 2.75) is 12.2 Å². The number of hydrogen-bond donors (Lipinski definition) is 1. The lowest BCUT2D eigenvalue weighted by molar-refractivity contribution is -0.118. The van der Waals surface area contributed by atoms with E-state index in [4.69, 9.17) is 4.74 Å². The molecule has 0 radical (unpaired) electrons. The van der Waals surface area contributed by atoms with Crippen LogP contribution in [0.3, 0.4) is 0 Å². The largest absolute Gasteiger partial charge is 0.490 e. The molecule has 1 aliphatic rings. The minimum Gasteiger partial charge on any atom is -0.490 e. The van der Waals surface area contributed by atoms with E-state index in [0.717, 1.165) is 11.3 Å². The Labute approximate surface area is 121 Å². The molecule has 20 heavy (non-hydrogen) atoms. The highest BCUT2D eigenvalue weighted by Crippen LogP contribution is 2.18. The molecule has 0 unspecified atom stereocenters. The zero-order chi connectivity index (χ0) is 14.4. The van der Waals surface area contributed by atoms with Crippen LogP contribution in [0.2, 0.25) is 0 Å². The van der Waals surface area contributed by atoms with Gasteiger partial charge in [0, 0.05) is 0 Å². The summed E-state index contributed by atoms with van der Waals surface area (Å²) in [5.41, 5.74) is 0.905. The molecule has 1 heterocycles. The van der Waals surface area contributed by atoms with Gasteiger partial charge in [0.05, 0.1) is 11.5 Å². The number of ether oxygens (including phenoxy) is 1. The van der Waals surface area contributed by atoms with Crippen molar-refractivity contribution in [3.8, 4) is 5.75 Å². The molecule has 1 aromatic carbocycles. The highest BCUT2D eigenvalue weighted by Gasteiger charge is 2.25. The minimum atomic E-state index is -0.106. The van der Waals surface area contributed by atoms with Crippen LogP contribution in [-0.2, 0) is 4.79 Å². The Morgan fingerprint density at radius 1 is 1.45 bits per heavy atom. The Morgan fingerprint density at radius 3 is 2.80 bits per heavy atom. The van der Waals surface area contributed by atoms with E-state index in [9.17, 15) is 4.79 Å². The lowest BCUT2D eigenvalue weighted by Gasteiger charge is -2.02. The molecule has 1 fully saturated rings. The van der Waals surface area contributed by atoms with Gasteiger partial charge in [-0.05, 0) is 36.8 Å². The van der Waals surface area contributed by atoms with Crippen molar-refractivity contribution in [3.05, 3.63) is 42.5 Å². The number of amides is 1. The summed E-state index contributed by atoms with van der Waals surface area (Å²) in [7, 11) is 0. The average molecular weight is 289 g/mol. The second-order valence-corrected chi connectivity index (χ2v) is 5.40. The van der Waals surface area contributed by atoms with E-state index in [0.29, 0.717) is 11.8 Å². The van der Waals surface area contributed by atoms with Gasteiger partial charge in [0.2, 0.25) is 5.91 Å². The highest BCUT2D eigenvalue weighted by atomic mass is 32.2. The first-order chi connectivity index (χ1) is 9.69. The minimum absolute atomic E-state index is 0.0346. The van der Waals surface area contributed by atoms with Crippen LogP contribution in [0.1, 0.15) is 12.5 Å². The van der Waals surface area contributed by atoms with E-state index in [2.05, 4.69) is 22.1 Å². The summed E-state index contributed by atoms with van der Waals surface area (Å²) in [6, 6.07) is 7.47. The Kier molecular flexibility index (Phi) is 4.95. The van der Waals surface area contributed by atoms with Crippen molar-refractivity contribution in [2.75, 3.05) is 6.61 Å². The molecule has 1 aromatic rings. The summed E-state index contributed by atoms with van der Waals surface area (Å²) in [5.74, 6) is 0.744. The third-order valence-corrected chi connectivity index (χ3v) is 3.47. The average Bonchev–Trinajstić information content (AvgIpc) is 2.77. The van der Waals surface area contributed by atoms with Gasteiger partial charge < -0.3 is 10.1 Å². The van der Waals surface area contributed by atoms with Crippen molar-refractivity contribution >= 4 is 29.1 Å². The van der Waals surface area contributed by atoms with Crippen LogP contribution in [0.15, 0.2) is 47.1 Å². The fraction of sp³-hybridized carbons (Fsp3) is 0.214. The Hall–Kier alpha value is -2.08. The number of amidine groups is 1. The number of nitrogens with zero attached hydrogens (tertiary/aromatic N) is 2. The van der Waals surface area contributed by atoms with Gasteiger partial charge in [-0.2, -0.15) is 5.10 Å². The molecule has 1 atom stereocenters. The maximum atomic E-state index is 11.3. The molecule has 1 N–H and O–H groups in total. The summed E-state index contributed by atoms with van der Waals surface area (Å²) >= 11 is 1.37. The summed E-state index contributed by atoms with van der Waals surface area (Å²) < 4.78 is 5.38. The third-order valence-electron chi connectivity index (χ3n) is 2.49. The lowest BCUT2D eigenvalue weighted by Crippen LogP contribution is -2.23. The molecule has 1 aliphatic heterocycles. The van der Waals surface area contributed by atoms with Gasteiger partial charge in [-0.3, -0.25) is 4.79 Å². The van der Waals surface area contributed by atoms with Crippen molar-refractivity contribution in [1.82, 2.24) is 5.32 Å². The van der Waals surface area contributed by atoms with E-state index >= 15 is 0 Å². The predicted octanol–water partition coefficient (Wildman–Crippen LogP) is 2.19. The molecule has 2 rings (SSSR count). The Balaban J connectivity index is 1.93. The zero-order valence-electron chi connectivity index (χ0n) is 11.1. The van der Waals surface area contributed by atoms with Crippen LogP contribution in [0.25, 0.3) is 0 Å². The smallest absolute Gasteiger partial charge is 0.239 e. The number of nitrogens with one attached hydrogen (secondary N) is 1. The first kappa shape index (κ1) is 14.3. The normalized spacial score (nSPS) is 20.4.